The molecule has 1 saturated heterocycles. The van der Waals surface area contributed by atoms with Crippen LogP contribution in [0.3, 0.4) is 0 Å². The zero-order valence-corrected chi connectivity index (χ0v) is 15.5. The van der Waals surface area contributed by atoms with E-state index in [-0.39, 0.29) is 23.1 Å². The largest absolute Gasteiger partial charge is 0.507 e. The Balaban J connectivity index is 1.56. The molecule has 1 aromatic carbocycles. The fourth-order valence-corrected chi connectivity index (χ4v) is 4.20. The maximum absolute atomic E-state index is 12.9. The van der Waals surface area contributed by atoms with Crippen molar-refractivity contribution in [1.82, 2.24) is 19.7 Å². The van der Waals surface area contributed by atoms with Gasteiger partial charge in [-0.1, -0.05) is 18.0 Å². The number of piperidine rings is 1. The van der Waals surface area contributed by atoms with Crippen LogP contribution in [0.15, 0.2) is 18.2 Å². The number of amides is 1. The summed E-state index contributed by atoms with van der Waals surface area (Å²) in [7, 11) is 0. The summed E-state index contributed by atoms with van der Waals surface area (Å²) in [6, 6.07) is 4.58. The number of carbonyl (C=O) groups is 1. The molecule has 4 rings (SSSR count). The van der Waals surface area contributed by atoms with Gasteiger partial charge in [0.05, 0.1) is 5.56 Å². The number of aryl methyl sites for hydroxylation is 1. The van der Waals surface area contributed by atoms with Crippen LogP contribution in [-0.2, 0) is 13.0 Å². The minimum absolute atomic E-state index is 0.0298. The molecule has 0 spiro atoms. The highest BCUT2D eigenvalue weighted by molar-refractivity contribution is 6.31. The van der Waals surface area contributed by atoms with Crippen molar-refractivity contribution >= 4 is 17.5 Å². The Kier molecular flexibility index (Phi) is 4.85. The average molecular weight is 375 g/mol. The average Bonchev–Trinajstić information content (AvgIpc) is 2.91. The van der Waals surface area contributed by atoms with Crippen molar-refractivity contribution in [3.05, 3.63) is 40.4 Å². The molecule has 26 heavy (non-hydrogen) atoms. The molecule has 7 heteroatoms. The first-order valence-electron chi connectivity index (χ1n) is 9.33. The van der Waals surface area contributed by atoms with Gasteiger partial charge in [0.2, 0.25) is 0 Å². The number of carbonyl (C=O) groups excluding carboxylic acids is 1. The van der Waals surface area contributed by atoms with Gasteiger partial charge >= 0.3 is 0 Å². The van der Waals surface area contributed by atoms with Gasteiger partial charge in [-0.15, -0.1) is 10.2 Å². The van der Waals surface area contributed by atoms with Gasteiger partial charge < -0.3 is 14.6 Å². The van der Waals surface area contributed by atoms with Crippen LogP contribution in [0.4, 0.5) is 0 Å². The van der Waals surface area contributed by atoms with Gasteiger partial charge in [-0.2, -0.15) is 0 Å². The number of phenolic OH excluding ortho intramolecular Hbond substituents is 1. The van der Waals surface area contributed by atoms with Gasteiger partial charge in [-0.25, -0.2) is 0 Å². The molecule has 2 aliphatic heterocycles. The van der Waals surface area contributed by atoms with Gasteiger partial charge in [0.25, 0.3) is 5.91 Å². The number of likely N-dealkylation sites (tertiary alicyclic amines) is 1. The lowest BCUT2D eigenvalue weighted by atomic mass is 9.96. The fraction of sp³-hybridized carbons (Fsp3) is 0.526. The Bertz CT molecular complexity index is 820. The van der Waals surface area contributed by atoms with Crippen LogP contribution in [0.1, 0.15) is 60.0 Å². The van der Waals surface area contributed by atoms with Gasteiger partial charge in [0, 0.05) is 37.0 Å². The first-order chi connectivity index (χ1) is 12.6. The summed E-state index contributed by atoms with van der Waals surface area (Å²) in [5.74, 6) is 2.07. The Hall–Kier alpha value is -2.08. The van der Waals surface area contributed by atoms with Crippen LogP contribution in [0.25, 0.3) is 0 Å². The fourth-order valence-electron chi connectivity index (χ4n) is 4.03. The lowest BCUT2D eigenvalue weighted by Gasteiger charge is -2.32. The molecule has 1 atom stereocenters. The summed E-state index contributed by atoms with van der Waals surface area (Å²) in [5, 5.41) is 19.4. The first-order valence-corrected chi connectivity index (χ1v) is 9.71. The standard InChI is InChI=1S/C19H23ClN4O2/c20-14-7-8-16(25)15(11-14)19(26)23-9-4-5-13(12-23)18-22-21-17-6-2-1-3-10-24(17)18/h7-8,11,13,25H,1-6,9-10,12H2/t13-/m0/s1. The highest BCUT2D eigenvalue weighted by atomic mass is 35.5. The number of benzene rings is 1. The minimum Gasteiger partial charge on any atom is -0.507 e. The van der Waals surface area contributed by atoms with Crippen molar-refractivity contribution in [1.29, 1.82) is 0 Å². The first kappa shape index (κ1) is 17.3. The highest BCUT2D eigenvalue weighted by Crippen LogP contribution is 2.30. The van der Waals surface area contributed by atoms with Crippen LogP contribution < -0.4 is 0 Å². The number of phenols is 1. The van der Waals surface area contributed by atoms with Gasteiger partial charge in [0.15, 0.2) is 0 Å². The second-order valence-electron chi connectivity index (χ2n) is 7.19. The predicted octanol–water partition coefficient (Wildman–Crippen LogP) is 3.38. The van der Waals surface area contributed by atoms with E-state index in [2.05, 4.69) is 14.8 Å². The van der Waals surface area contributed by atoms with Crippen molar-refractivity contribution in [3.8, 4) is 5.75 Å². The van der Waals surface area contributed by atoms with E-state index in [0.717, 1.165) is 43.9 Å². The van der Waals surface area contributed by atoms with E-state index >= 15 is 0 Å². The van der Waals surface area contributed by atoms with E-state index in [1.165, 1.54) is 25.0 Å². The number of fused-ring (bicyclic) bond motifs is 1. The van der Waals surface area contributed by atoms with Crippen molar-refractivity contribution < 1.29 is 9.90 Å². The second-order valence-corrected chi connectivity index (χ2v) is 7.62. The SMILES string of the molecule is O=C(c1cc(Cl)ccc1O)N1CCC[C@H](c2nnc3n2CCCCC3)C1. The molecule has 0 bridgehead atoms. The van der Waals surface area contributed by atoms with Crippen molar-refractivity contribution in [3.63, 3.8) is 0 Å². The number of rotatable bonds is 2. The topological polar surface area (TPSA) is 71.2 Å². The summed E-state index contributed by atoms with van der Waals surface area (Å²) < 4.78 is 2.27. The van der Waals surface area contributed by atoms with E-state index < -0.39 is 0 Å². The lowest BCUT2D eigenvalue weighted by molar-refractivity contribution is 0.0700. The molecular formula is C19H23ClN4O2. The van der Waals surface area contributed by atoms with Crippen LogP contribution in [0.2, 0.25) is 5.02 Å². The smallest absolute Gasteiger partial charge is 0.257 e. The summed E-state index contributed by atoms with van der Waals surface area (Å²) in [6.07, 6.45) is 6.46. The number of hydrogen-bond acceptors (Lipinski definition) is 4. The number of hydrogen-bond donors (Lipinski definition) is 1. The van der Waals surface area contributed by atoms with Crippen LogP contribution in [0, 0.1) is 0 Å². The molecule has 6 nitrogen and oxygen atoms in total. The molecule has 138 valence electrons. The third-order valence-electron chi connectivity index (χ3n) is 5.40. The molecule has 1 N–H and O–H groups in total. The third kappa shape index (κ3) is 3.30. The van der Waals surface area contributed by atoms with Crippen molar-refractivity contribution in [2.45, 2.75) is 51.0 Å². The number of aromatic nitrogens is 3. The van der Waals surface area contributed by atoms with E-state index in [1.54, 1.807) is 11.0 Å². The number of aromatic hydroxyl groups is 1. The van der Waals surface area contributed by atoms with Crippen LogP contribution in [0.5, 0.6) is 5.75 Å². The van der Waals surface area contributed by atoms with Crippen LogP contribution in [-0.4, -0.2) is 43.8 Å². The molecule has 1 amide bonds. The Labute approximate surface area is 157 Å². The Morgan fingerprint density at radius 1 is 1.15 bits per heavy atom. The highest BCUT2D eigenvalue weighted by Gasteiger charge is 2.30. The lowest BCUT2D eigenvalue weighted by Crippen LogP contribution is -2.39. The predicted molar refractivity (Wildman–Crippen MR) is 98.6 cm³/mol. The number of nitrogens with zero attached hydrogens (tertiary/aromatic N) is 4. The Morgan fingerprint density at radius 3 is 2.92 bits per heavy atom. The molecule has 1 aromatic heterocycles. The molecule has 0 radical (unpaired) electrons. The summed E-state index contributed by atoms with van der Waals surface area (Å²) in [5.41, 5.74) is 0.262. The quantitative estimate of drug-likeness (QED) is 0.874. The van der Waals surface area contributed by atoms with Gasteiger partial charge in [-0.3, -0.25) is 4.79 Å². The molecule has 1 fully saturated rings. The maximum atomic E-state index is 12.9. The summed E-state index contributed by atoms with van der Waals surface area (Å²) in [4.78, 5) is 14.7. The monoisotopic (exact) mass is 374 g/mol. The van der Waals surface area contributed by atoms with E-state index in [1.807, 2.05) is 0 Å². The number of halogens is 1. The Morgan fingerprint density at radius 2 is 2.04 bits per heavy atom. The minimum atomic E-state index is -0.176. The molecule has 2 aliphatic rings. The summed E-state index contributed by atoms with van der Waals surface area (Å²) >= 11 is 6.00. The zero-order chi connectivity index (χ0) is 18.1. The van der Waals surface area contributed by atoms with E-state index in [9.17, 15) is 9.90 Å². The molecular weight excluding hydrogens is 352 g/mol. The van der Waals surface area contributed by atoms with E-state index in [0.29, 0.717) is 18.1 Å². The molecule has 0 saturated carbocycles. The third-order valence-corrected chi connectivity index (χ3v) is 5.64. The van der Waals surface area contributed by atoms with Crippen molar-refractivity contribution in [2.75, 3.05) is 13.1 Å². The van der Waals surface area contributed by atoms with E-state index in [4.69, 9.17) is 11.6 Å². The molecule has 0 aliphatic carbocycles. The van der Waals surface area contributed by atoms with Gasteiger partial charge in [-0.05, 0) is 43.9 Å². The van der Waals surface area contributed by atoms with Crippen LogP contribution >= 0.6 is 11.6 Å². The molecule has 0 unspecified atom stereocenters. The summed E-state index contributed by atoms with van der Waals surface area (Å²) in [6.45, 7) is 2.25. The molecule has 2 aromatic rings. The molecule has 3 heterocycles. The van der Waals surface area contributed by atoms with Crippen molar-refractivity contribution in [2.24, 2.45) is 0 Å². The second kappa shape index (κ2) is 7.27. The zero-order valence-electron chi connectivity index (χ0n) is 14.7. The normalized spacial score (nSPS) is 20.5. The van der Waals surface area contributed by atoms with Gasteiger partial charge in [0.1, 0.15) is 17.4 Å². The maximum Gasteiger partial charge on any atom is 0.257 e.